The lowest BCUT2D eigenvalue weighted by Crippen LogP contribution is -2.13. The van der Waals surface area contributed by atoms with Crippen molar-refractivity contribution in [1.29, 1.82) is 0 Å². The summed E-state index contributed by atoms with van der Waals surface area (Å²) in [6.07, 6.45) is 1.69. The molecule has 2 heterocycles. The van der Waals surface area contributed by atoms with Crippen molar-refractivity contribution in [3.8, 4) is 0 Å². The zero-order valence-electron chi connectivity index (χ0n) is 12.3. The Kier molecular flexibility index (Phi) is 5.97. The number of thioether (sulfide) groups is 1. The molecule has 0 fully saturated rings. The number of hydrogen-bond acceptors (Lipinski definition) is 6. The Balaban J connectivity index is 1.92. The Morgan fingerprint density at radius 2 is 2.23 bits per heavy atom. The summed E-state index contributed by atoms with van der Waals surface area (Å²) in [6.45, 7) is 3.91. The van der Waals surface area contributed by atoms with Gasteiger partial charge in [-0.3, -0.25) is 4.79 Å². The second-order valence-corrected chi connectivity index (χ2v) is 6.40. The highest BCUT2D eigenvalue weighted by molar-refractivity contribution is 7.99. The van der Waals surface area contributed by atoms with Crippen molar-refractivity contribution in [2.75, 3.05) is 17.7 Å². The lowest BCUT2D eigenvalue weighted by Gasteiger charge is -2.02. The Morgan fingerprint density at radius 3 is 2.91 bits per heavy atom. The molecule has 0 aliphatic rings. The molecule has 2 rings (SSSR count). The maximum atomic E-state index is 11.9. The van der Waals surface area contributed by atoms with Crippen molar-refractivity contribution in [2.45, 2.75) is 18.9 Å². The van der Waals surface area contributed by atoms with Crippen molar-refractivity contribution in [3.63, 3.8) is 0 Å². The number of carbonyl (C=O) groups is 2. The van der Waals surface area contributed by atoms with Crippen LogP contribution in [0.4, 0.5) is 5.00 Å². The van der Waals surface area contributed by atoms with Gasteiger partial charge in [-0.1, -0.05) is 17.8 Å². The molecule has 0 bridgehead atoms. The molecule has 0 aromatic carbocycles. The number of aromatic nitrogens is 1. The molecule has 0 aliphatic heterocycles. The summed E-state index contributed by atoms with van der Waals surface area (Å²) in [5.74, 6) is -0.219. The summed E-state index contributed by atoms with van der Waals surface area (Å²) in [7, 11) is 0. The second kappa shape index (κ2) is 7.95. The first-order valence-electron chi connectivity index (χ1n) is 6.71. The van der Waals surface area contributed by atoms with Crippen molar-refractivity contribution in [2.24, 2.45) is 0 Å². The molecule has 116 valence electrons. The predicted molar refractivity (Wildman–Crippen MR) is 88.6 cm³/mol. The van der Waals surface area contributed by atoms with Crippen LogP contribution in [0.15, 0.2) is 35.5 Å². The minimum atomic E-state index is -0.353. The van der Waals surface area contributed by atoms with E-state index >= 15 is 0 Å². The third kappa shape index (κ3) is 4.57. The maximum Gasteiger partial charge on any atom is 0.348 e. The van der Waals surface area contributed by atoms with E-state index in [1.165, 1.54) is 23.1 Å². The lowest BCUT2D eigenvalue weighted by molar-refractivity contribution is -0.113. The van der Waals surface area contributed by atoms with Crippen molar-refractivity contribution >= 4 is 40.0 Å². The third-order valence-electron chi connectivity index (χ3n) is 2.63. The van der Waals surface area contributed by atoms with Gasteiger partial charge in [0.1, 0.15) is 4.88 Å². The van der Waals surface area contributed by atoms with Crippen LogP contribution in [0.1, 0.15) is 22.2 Å². The number of anilines is 1. The Hall–Kier alpha value is -1.86. The van der Waals surface area contributed by atoms with Gasteiger partial charge >= 0.3 is 5.97 Å². The van der Waals surface area contributed by atoms with Gasteiger partial charge in [0.05, 0.1) is 22.4 Å². The number of aryl methyl sites for hydroxylation is 1. The zero-order chi connectivity index (χ0) is 15.9. The van der Waals surface area contributed by atoms with Crippen LogP contribution in [0.25, 0.3) is 0 Å². The zero-order valence-corrected chi connectivity index (χ0v) is 13.9. The minimum absolute atomic E-state index is 0.132. The molecule has 0 saturated carbocycles. The van der Waals surface area contributed by atoms with Gasteiger partial charge in [-0.15, -0.1) is 11.3 Å². The molecule has 1 amide bonds. The van der Waals surface area contributed by atoms with Crippen LogP contribution >= 0.6 is 23.1 Å². The Labute approximate surface area is 137 Å². The highest BCUT2D eigenvalue weighted by atomic mass is 32.2. The standard InChI is InChI=1S/C15H16N2O3S2/c1-3-20-15(19)14-10(2)8-13(22-14)17-11(18)9-21-12-6-4-5-7-16-12/h4-8H,3,9H2,1-2H3,(H,17,18). The number of carbonyl (C=O) groups excluding carboxylic acids is 2. The number of esters is 1. The number of pyridine rings is 1. The molecule has 7 heteroatoms. The van der Waals surface area contributed by atoms with Crippen LogP contribution in [0.3, 0.4) is 0 Å². The number of nitrogens with one attached hydrogen (secondary N) is 1. The highest BCUT2D eigenvalue weighted by Crippen LogP contribution is 2.27. The first kappa shape index (κ1) is 16.5. The Morgan fingerprint density at radius 1 is 1.41 bits per heavy atom. The summed E-state index contributed by atoms with van der Waals surface area (Å²) in [5, 5.41) is 4.24. The number of hydrogen-bond donors (Lipinski definition) is 1. The van der Waals surface area contributed by atoms with E-state index in [0.717, 1.165) is 10.6 Å². The summed E-state index contributed by atoms with van der Waals surface area (Å²) in [5.41, 5.74) is 0.802. The van der Waals surface area contributed by atoms with Gasteiger partial charge in [-0.05, 0) is 37.6 Å². The molecular weight excluding hydrogens is 320 g/mol. The van der Waals surface area contributed by atoms with Crippen molar-refractivity contribution in [3.05, 3.63) is 40.9 Å². The van der Waals surface area contributed by atoms with E-state index < -0.39 is 0 Å². The lowest BCUT2D eigenvalue weighted by atomic mass is 10.3. The smallest absolute Gasteiger partial charge is 0.348 e. The summed E-state index contributed by atoms with van der Waals surface area (Å²) < 4.78 is 4.98. The number of thiophene rings is 1. The van der Waals surface area contributed by atoms with Gasteiger partial charge in [-0.2, -0.15) is 0 Å². The van der Waals surface area contributed by atoms with Crippen LogP contribution in [0, 0.1) is 6.92 Å². The summed E-state index contributed by atoms with van der Waals surface area (Å²) in [6, 6.07) is 7.34. The predicted octanol–water partition coefficient (Wildman–Crippen LogP) is 3.36. The number of nitrogens with zero attached hydrogens (tertiary/aromatic N) is 1. The van der Waals surface area contributed by atoms with E-state index in [4.69, 9.17) is 4.74 Å². The van der Waals surface area contributed by atoms with E-state index in [1.807, 2.05) is 25.1 Å². The molecule has 0 spiro atoms. The summed E-state index contributed by atoms with van der Waals surface area (Å²) in [4.78, 5) is 28.3. The summed E-state index contributed by atoms with van der Waals surface area (Å²) >= 11 is 2.59. The van der Waals surface area contributed by atoms with Crippen LogP contribution < -0.4 is 5.32 Å². The van der Waals surface area contributed by atoms with E-state index in [2.05, 4.69) is 10.3 Å². The number of amides is 1. The Bertz CT molecular complexity index is 656. The van der Waals surface area contributed by atoms with Crippen molar-refractivity contribution in [1.82, 2.24) is 4.98 Å². The normalized spacial score (nSPS) is 10.3. The average molecular weight is 336 g/mol. The van der Waals surface area contributed by atoms with Gasteiger partial charge in [0.25, 0.3) is 0 Å². The van der Waals surface area contributed by atoms with Gasteiger partial charge in [0.15, 0.2) is 0 Å². The van der Waals surface area contributed by atoms with Crippen LogP contribution in [0.2, 0.25) is 0 Å². The molecule has 2 aromatic heterocycles. The first-order chi connectivity index (χ1) is 10.6. The fourth-order valence-corrected chi connectivity index (χ4v) is 3.33. The second-order valence-electron chi connectivity index (χ2n) is 4.35. The van der Waals surface area contributed by atoms with Crippen LogP contribution in [-0.2, 0) is 9.53 Å². The monoisotopic (exact) mass is 336 g/mol. The molecule has 0 unspecified atom stereocenters. The SMILES string of the molecule is CCOC(=O)c1sc(NC(=O)CSc2ccccn2)cc1C. The number of rotatable bonds is 6. The van der Waals surface area contributed by atoms with Crippen molar-refractivity contribution < 1.29 is 14.3 Å². The highest BCUT2D eigenvalue weighted by Gasteiger charge is 2.15. The molecule has 1 N–H and O–H groups in total. The molecule has 0 radical (unpaired) electrons. The fraction of sp³-hybridized carbons (Fsp3) is 0.267. The fourth-order valence-electron chi connectivity index (χ4n) is 1.69. The van der Waals surface area contributed by atoms with Gasteiger partial charge in [0, 0.05) is 6.20 Å². The van der Waals surface area contributed by atoms with Crippen LogP contribution in [0.5, 0.6) is 0 Å². The van der Waals surface area contributed by atoms with E-state index in [0.29, 0.717) is 16.5 Å². The molecule has 0 atom stereocenters. The van der Waals surface area contributed by atoms with Crippen LogP contribution in [-0.4, -0.2) is 29.2 Å². The topological polar surface area (TPSA) is 68.3 Å². The quantitative estimate of drug-likeness (QED) is 0.647. The van der Waals surface area contributed by atoms with E-state index in [-0.39, 0.29) is 17.6 Å². The number of ether oxygens (including phenoxy) is 1. The van der Waals surface area contributed by atoms with Gasteiger partial charge in [-0.25, -0.2) is 9.78 Å². The largest absolute Gasteiger partial charge is 0.462 e. The van der Waals surface area contributed by atoms with E-state index in [1.54, 1.807) is 19.2 Å². The molecule has 22 heavy (non-hydrogen) atoms. The maximum absolute atomic E-state index is 11.9. The molecular formula is C15H16N2O3S2. The minimum Gasteiger partial charge on any atom is -0.462 e. The van der Waals surface area contributed by atoms with Gasteiger partial charge < -0.3 is 10.1 Å². The molecule has 2 aromatic rings. The molecule has 0 aliphatic carbocycles. The van der Waals surface area contributed by atoms with Gasteiger partial charge in [0.2, 0.25) is 5.91 Å². The first-order valence-corrected chi connectivity index (χ1v) is 8.51. The third-order valence-corrected chi connectivity index (χ3v) is 4.71. The average Bonchev–Trinajstić information content (AvgIpc) is 2.87. The molecule has 5 nitrogen and oxygen atoms in total. The molecule has 0 saturated heterocycles. The van der Waals surface area contributed by atoms with E-state index in [9.17, 15) is 9.59 Å².